The highest BCUT2D eigenvalue weighted by atomic mass is 16.5. The summed E-state index contributed by atoms with van der Waals surface area (Å²) in [7, 11) is 0. The van der Waals surface area contributed by atoms with Crippen molar-refractivity contribution in [2.45, 2.75) is 44.9 Å². The van der Waals surface area contributed by atoms with Crippen molar-refractivity contribution >= 4 is 6.47 Å². The van der Waals surface area contributed by atoms with E-state index < -0.39 is 0 Å². The van der Waals surface area contributed by atoms with Crippen LogP contribution in [0, 0.1) is 0 Å². The average Bonchev–Trinajstić information content (AvgIpc) is 2.49. The van der Waals surface area contributed by atoms with E-state index in [-0.39, 0.29) is 0 Å². The normalized spacial score (nSPS) is 10.4. The second-order valence-corrected chi connectivity index (χ2v) is 4.94. The molecule has 0 spiro atoms. The summed E-state index contributed by atoms with van der Waals surface area (Å²) in [6, 6.07) is 10.6. The number of unbranched alkanes of at least 4 members (excludes halogenated alkanes) is 4. The quantitative estimate of drug-likeness (QED) is 0.407. The van der Waals surface area contributed by atoms with Crippen LogP contribution in [0.2, 0.25) is 0 Å². The standard InChI is InChI=1S/C17H26O3/c18-16-20-15-8-2-1-7-13-19-14-9-6-12-17-10-4-3-5-11-17/h3-5,10-11,16H,1-2,6-9,12-15H2. The molecule has 0 saturated heterocycles. The molecular weight excluding hydrogens is 252 g/mol. The third-order valence-electron chi connectivity index (χ3n) is 3.22. The first kappa shape index (κ1) is 16.7. The molecular formula is C17H26O3. The second-order valence-electron chi connectivity index (χ2n) is 4.94. The van der Waals surface area contributed by atoms with Gasteiger partial charge in [0.15, 0.2) is 0 Å². The van der Waals surface area contributed by atoms with Gasteiger partial charge in [0.1, 0.15) is 0 Å². The molecule has 0 heterocycles. The lowest BCUT2D eigenvalue weighted by atomic mass is 10.1. The number of carbonyl (C=O) groups excluding carboxylic acids is 1. The number of hydrogen-bond acceptors (Lipinski definition) is 3. The Morgan fingerprint density at radius 3 is 2.15 bits per heavy atom. The number of carbonyl (C=O) groups is 1. The van der Waals surface area contributed by atoms with Crippen molar-refractivity contribution in [3.8, 4) is 0 Å². The zero-order valence-electron chi connectivity index (χ0n) is 12.3. The average molecular weight is 278 g/mol. The highest BCUT2D eigenvalue weighted by molar-refractivity contribution is 5.36. The Balaban J connectivity index is 1.78. The van der Waals surface area contributed by atoms with Crippen molar-refractivity contribution < 1.29 is 14.3 Å². The van der Waals surface area contributed by atoms with Crippen molar-refractivity contribution in [2.24, 2.45) is 0 Å². The van der Waals surface area contributed by atoms with E-state index in [2.05, 4.69) is 35.1 Å². The Morgan fingerprint density at radius 2 is 1.45 bits per heavy atom. The Kier molecular flexibility index (Phi) is 10.6. The number of ether oxygens (including phenoxy) is 2. The molecule has 0 saturated carbocycles. The molecule has 1 aromatic carbocycles. The smallest absolute Gasteiger partial charge is 0.293 e. The maximum atomic E-state index is 9.91. The zero-order chi connectivity index (χ0) is 14.3. The van der Waals surface area contributed by atoms with Gasteiger partial charge in [-0.3, -0.25) is 4.79 Å². The SMILES string of the molecule is O=COCCCCCCOCCCCc1ccccc1. The van der Waals surface area contributed by atoms with Crippen LogP contribution in [0.5, 0.6) is 0 Å². The van der Waals surface area contributed by atoms with Crippen LogP contribution in [0.3, 0.4) is 0 Å². The molecule has 0 aliphatic heterocycles. The van der Waals surface area contributed by atoms with Crippen molar-refractivity contribution in [3.05, 3.63) is 35.9 Å². The fraction of sp³-hybridized carbons (Fsp3) is 0.588. The van der Waals surface area contributed by atoms with Crippen molar-refractivity contribution in [2.75, 3.05) is 19.8 Å². The number of rotatable bonds is 13. The fourth-order valence-electron chi connectivity index (χ4n) is 2.07. The lowest BCUT2D eigenvalue weighted by molar-refractivity contribution is -0.128. The van der Waals surface area contributed by atoms with Crippen LogP contribution in [0.1, 0.15) is 44.1 Å². The molecule has 0 amide bonds. The van der Waals surface area contributed by atoms with Gasteiger partial charge in [0.05, 0.1) is 6.61 Å². The number of hydrogen-bond donors (Lipinski definition) is 0. The third kappa shape index (κ3) is 9.56. The topological polar surface area (TPSA) is 35.5 Å². The van der Waals surface area contributed by atoms with E-state index in [0.29, 0.717) is 13.1 Å². The zero-order valence-corrected chi connectivity index (χ0v) is 12.3. The predicted molar refractivity (Wildman–Crippen MR) is 80.7 cm³/mol. The Morgan fingerprint density at radius 1 is 0.800 bits per heavy atom. The molecule has 1 rings (SSSR count). The maximum Gasteiger partial charge on any atom is 0.293 e. The summed E-state index contributed by atoms with van der Waals surface area (Å²) in [5.74, 6) is 0. The lowest BCUT2D eigenvalue weighted by Crippen LogP contribution is -1.98. The van der Waals surface area contributed by atoms with E-state index in [4.69, 9.17) is 4.74 Å². The van der Waals surface area contributed by atoms with E-state index in [9.17, 15) is 4.79 Å². The molecule has 3 nitrogen and oxygen atoms in total. The van der Waals surface area contributed by atoms with Gasteiger partial charge in [-0.25, -0.2) is 0 Å². The van der Waals surface area contributed by atoms with Crippen LogP contribution in [0.4, 0.5) is 0 Å². The summed E-state index contributed by atoms with van der Waals surface area (Å²) in [5.41, 5.74) is 1.41. The largest absolute Gasteiger partial charge is 0.468 e. The minimum absolute atomic E-state index is 0.512. The minimum atomic E-state index is 0.512. The summed E-state index contributed by atoms with van der Waals surface area (Å²) < 4.78 is 10.2. The van der Waals surface area contributed by atoms with E-state index in [0.717, 1.165) is 51.7 Å². The molecule has 0 atom stereocenters. The third-order valence-corrected chi connectivity index (χ3v) is 3.22. The predicted octanol–water partition coefficient (Wildman–Crippen LogP) is 3.76. The Hall–Kier alpha value is -1.35. The molecule has 0 aromatic heterocycles. The summed E-state index contributed by atoms with van der Waals surface area (Å²) in [4.78, 5) is 9.91. The van der Waals surface area contributed by atoms with Crippen LogP contribution in [0.25, 0.3) is 0 Å². The molecule has 0 N–H and O–H groups in total. The number of aryl methyl sites for hydroxylation is 1. The molecule has 0 aliphatic rings. The molecule has 20 heavy (non-hydrogen) atoms. The van der Waals surface area contributed by atoms with Gasteiger partial charge in [-0.15, -0.1) is 0 Å². The summed E-state index contributed by atoms with van der Waals surface area (Å²) in [6.45, 7) is 2.77. The minimum Gasteiger partial charge on any atom is -0.468 e. The highest BCUT2D eigenvalue weighted by Crippen LogP contribution is 2.05. The molecule has 112 valence electrons. The van der Waals surface area contributed by atoms with E-state index in [1.165, 1.54) is 12.0 Å². The van der Waals surface area contributed by atoms with Crippen molar-refractivity contribution in [3.63, 3.8) is 0 Å². The molecule has 0 radical (unpaired) electrons. The first-order valence-corrected chi connectivity index (χ1v) is 7.60. The van der Waals surface area contributed by atoms with Gasteiger partial charge in [-0.2, -0.15) is 0 Å². The lowest BCUT2D eigenvalue weighted by Gasteiger charge is -2.05. The van der Waals surface area contributed by atoms with Gasteiger partial charge in [-0.1, -0.05) is 36.8 Å². The van der Waals surface area contributed by atoms with Crippen LogP contribution in [0.15, 0.2) is 30.3 Å². The van der Waals surface area contributed by atoms with Crippen LogP contribution in [-0.2, 0) is 20.7 Å². The molecule has 1 aromatic rings. The highest BCUT2D eigenvalue weighted by Gasteiger charge is 1.94. The van der Waals surface area contributed by atoms with E-state index in [1.54, 1.807) is 0 Å². The summed E-state index contributed by atoms with van der Waals surface area (Å²) in [6.07, 6.45) is 7.75. The molecule has 0 aliphatic carbocycles. The second kappa shape index (κ2) is 12.7. The molecule has 0 bridgehead atoms. The summed E-state index contributed by atoms with van der Waals surface area (Å²) in [5, 5.41) is 0. The monoisotopic (exact) mass is 278 g/mol. The van der Waals surface area contributed by atoms with Gasteiger partial charge in [-0.05, 0) is 44.1 Å². The van der Waals surface area contributed by atoms with Gasteiger partial charge < -0.3 is 9.47 Å². The molecule has 0 fully saturated rings. The Bertz CT molecular complexity index is 324. The van der Waals surface area contributed by atoms with Crippen LogP contribution in [-0.4, -0.2) is 26.3 Å². The molecule has 3 heteroatoms. The van der Waals surface area contributed by atoms with Crippen molar-refractivity contribution in [1.82, 2.24) is 0 Å². The number of benzene rings is 1. The Labute approximate surface area is 122 Å². The molecule has 0 unspecified atom stereocenters. The van der Waals surface area contributed by atoms with Crippen LogP contribution < -0.4 is 0 Å². The van der Waals surface area contributed by atoms with Crippen LogP contribution >= 0.6 is 0 Å². The van der Waals surface area contributed by atoms with Gasteiger partial charge >= 0.3 is 0 Å². The summed E-state index contributed by atoms with van der Waals surface area (Å²) >= 11 is 0. The first-order chi connectivity index (χ1) is 9.93. The van der Waals surface area contributed by atoms with Gasteiger partial charge in [0, 0.05) is 13.2 Å². The van der Waals surface area contributed by atoms with Gasteiger partial charge in [0.2, 0.25) is 0 Å². The van der Waals surface area contributed by atoms with E-state index in [1.807, 2.05) is 0 Å². The fourth-order valence-corrected chi connectivity index (χ4v) is 2.07. The van der Waals surface area contributed by atoms with E-state index >= 15 is 0 Å². The maximum absolute atomic E-state index is 9.91. The van der Waals surface area contributed by atoms with Gasteiger partial charge in [0.25, 0.3) is 6.47 Å². The van der Waals surface area contributed by atoms with Crippen molar-refractivity contribution in [1.29, 1.82) is 0 Å². The first-order valence-electron chi connectivity index (χ1n) is 7.60.